The van der Waals surface area contributed by atoms with E-state index in [-0.39, 0.29) is 35.6 Å². The van der Waals surface area contributed by atoms with Crippen LogP contribution in [0, 0.1) is 11.7 Å². The zero-order valence-electron chi connectivity index (χ0n) is 25.8. The molecular formula is C32H51FN4O4S. The first kappa shape index (κ1) is 34.1. The third-order valence-electron chi connectivity index (χ3n) is 7.78. The molecule has 1 amide bonds. The molecule has 2 atom stereocenters. The number of nitrogens with one attached hydrogen (secondary N) is 3. The van der Waals surface area contributed by atoms with E-state index in [0.717, 1.165) is 24.8 Å². The van der Waals surface area contributed by atoms with Gasteiger partial charge in [-0.3, -0.25) is 18.2 Å². The molecule has 2 aromatic rings. The standard InChI is InChI=1S/C32H51FN4O4S/c1-6-34-25-20-26(30(33)28(21-25)37-17-10-11-18-42(37,40)41)31(39)36-27(19-24-14-8-7-9-15-24)29(38)22-35-32(4,5)16-12-13-23(2)3/h7-9,14-15,20-21,23,27,29,34-35,38,40-41H,6,10-13,16-19,22H2,1-5H3,(H,36,39). The second-order valence-corrected chi connectivity index (χ2v) is 14.5. The van der Waals surface area contributed by atoms with Gasteiger partial charge in [0.05, 0.1) is 29.1 Å². The Labute approximate surface area is 253 Å². The zero-order valence-corrected chi connectivity index (χ0v) is 26.6. The molecule has 1 saturated heterocycles. The lowest BCUT2D eigenvalue weighted by atomic mass is 9.93. The minimum absolute atomic E-state index is 0.0109. The third kappa shape index (κ3) is 9.84. The molecule has 0 radical (unpaired) electrons. The number of hydrogen-bond donors (Lipinski definition) is 6. The molecule has 1 heterocycles. The Morgan fingerprint density at radius 3 is 2.50 bits per heavy atom. The summed E-state index contributed by atoms with van der Waals surface area (Å²) in [4.78, 5) is 13.7. The summed E-state index contributed by atoms with van der Waals surface area (Å²) in [5.74, 6) is -0.691. The van der Waals surface area contributed by atoms with Crippen molar-refractivity contribution in [3.8, 4) is 0 Å². The lowest BCUT2D eigenvalue weighted by Crippen LogP contribution is -2.52. The summed E-state index contributed by atoms with van der Waals surface area (Å²) in [6, 6.07) is 11.8. The quantitative estimate of drug-likeness (QED) is 0.139. The first-order valence-electron chi connectivity index (χ1n) is 15.2. The summed E-state index contributed by atoms with van der Waals surface area (Å²) in [6.45, 7) is 11.6. The van der Waals surface area contributed by atoms with E-state index in [9.17, 15) is 19.0 Å². The number of anilines is 2. The number of amides is 1. The first-order chi connectivity index (χ1) is 19.8. The predicted octanol–water partition coefficient (Wildman–Crippen LogP) is 6.42. The fraction of sp³-hybridized carbons (Fsp3) is 0.594. The monoisotopic (exact) mass is 606 g/mol. The van der Waals surface area contributed by atoms with E-state index in [1.807, 2.05) is 37.3 Å². The normalized spacial score (nSPS) is 17.5. The molecule has 2 aromatic carbocycles. The molecular weight excluding hydrogens is 555 g/mol. The van der Waals surface area contributed by atoms with Gasteiger partial charge < -0.3 is 21.1 Å². The highest BCUT2D eigenvalue weighted by molar-refractivity contribution is 8.25. The number of hydrogen-bond acceptors (Lipinski definition) is 7. The van der Waals surface area contributed by atoms with Crippen LogP contribution in [0.25, 0.3) is 0 Å². The maximum absolute atomic E-state index is 16.0. The van der Waals surface area contributed by atoms with E-state index >= 15 is 4.39 Å². The highest BCUT2D eigenvalue weighted by Gasteiger charge is 2.32. The van der Waals surface area contributed by atoms with Gasteiger partial charge in [-0.05, 0) is 70.1 Å². The highest BCUT2D eigenvalue weighted by atomic mass is 32.3. The summed E-state index contributed by atoms with van der Waals surface area (Å²) in [5.41, 5.74) is 1.02. The number of β-amino-alcohol motifs (C(OH)–C–C–N with tert-alkyl or cyclic N) is 1. The van der Waals surface area contributed by atoms with E-state index in [1.54, 1.807) is 0 Å². The van der Waals surface area contributed by atoms with Gasteiger partial charge in [0.15, 0.2) is 5.82 Å². The van der Waals surface area contributed by atoms with Crippen LogP contribution >= 0.6 is 10.8 Å². The van der Waals surface area contributed by atoms with Crippen molar-refractivity contribution in [1.29, 1.82) is 0 Å². The van der Waals surface area contributed by atoms with Crippen molar-refractivity contribution in [3.05, 3.63) is 59.4 Å². The summed E-state index contributed by atoms with van der Waals surface area (Å²) in [5, 5.41) is 20.8. The lowest BCUT2D eigenvalue weighted by molar-refractivity contribution is 0.0808. The van der Waals surface area contributed by atoms with Gasteiger partial charge in [-0.1, -0.05) is 57.0 Å². The van der Waals surface area contributed by atoms with Crippen LogP contribution in [-0.2, 0) is 6.42 Å². The molecule has 10 heteroatoms. The van der Waals surface area contributed by atoms with Crippen molar-refractivity contribution in [2.24, 2.45) is 5.92 Å². The molecule has 0 saturated carbocycles. The minimum atomic E-state index is -3.20. The fourth-order valence-corrected chi connectivity index (χ4v) is 6.99. The fourth-order valence-electron chi connectivity index (χ4n) is 5.31. The average Bonchev–Trinajstić information content (AvgIpc) is 2.92. The number of halogens is 1. The highest BCUT2D eigenvalue weighted by Crippen LogP contribution is 2.51. The Kier molecular flexibility index (Phi) is 12.5. The van der Waals surface area contributed by atoms with Crippen LogP contribution in [0.1, 0.15) is 82.6 Å². The molecule has 1 aliphatic rings. The Hall–Kier alpha value is -2.37. The van der Waals surface area contributed by atoms with Crippen molar-refractivity contribution in [1.82, 2.24) is 10.6 Å². The van der Waals surface area contributed by atoms with E-state index in [0.29, 0.717) is 37.4 Å². The molecule has 6 N–H and O–H groups in total. The summed E-state index contributed by atoms with van der Waals surface area (Å²) >= 11 is 0. The number of benzene rings is 2. The largest absolute Gasteiger partial charge is 0.390 e. The maximum atomic E-state index is 16.0. The lowest BCUT2D eigenvalue weighted by Gasteiger charge is -2.47. The second kappa shape index (κ2) is 15.4. The van der Waals surface area contributed by atoms with Crippen LogP contribution in [0.3, 0.4) is 0 Å². The van der Waals surface area contributed by atoms with Crippen molar-refractivity contribution in [2.45, 2.75) is 90.8 Å². The van der Waals surface area contributed by atoms with Crippen LogP contribution in [0.15, 0.2) is 42.5 Å². The Balaban J connectivity index is 1.85. The van der Waals surface area contributed by atoms with Crippen LogP contribution < -0.4 is 20.3 Å². The van der Waals surface area contributed by atoms with Crippen molar-refractivity contribution < 1.29 is 23.4 Å². The molecule has 236 valence electrons. The topological polar surface area (TPSA) is 117 Å². The number of carbonyl (C=O) groups is 1. The van der Waals surface area contributed by atoms with Gasteiger partial charge in [-0.25, -0.2) is 4.39 Å². The third-order valence-corrected chi connectivity index (χ3v) is 9.70. The number of carbonyl (C=O) groups excluding carboxylic acids is 1. The van der Waals surface area contributed by atoms with Gasteiger partial charge in [0.2, 0.25) is 0 Å². The van der Waals surface area contributed by atoms with Gasteiger partial charge >= 0.3 is 0 Å². The van der Waals surface area contributed by atoms with E-state index in [4.69, 9.17) is 0 Å². The number of nitrogens with zero attached hydrogens (tertiary/aromatic N) is 1. The van der Waals surface area contributed by atoms with E-state index in [1.165, 1.54) is 16.4 Å². The van der Waals surface area contributed by atoms with Crippen molar-refractivity contribution >= 4 is 28.1 Å². The number of rotatable bonds is 15. The smallest absolute Gasteiger partial charge is 0.254 e. The first-order valence-corrected chi connectivity index (χ1v) is 16.9. The van der Waals surface area contributed by atoms with Crippen molar-refractivity contribution in [2.75, 3.05) is 35.0 Å². The van der Waals surface area contributed by atoms with Crippen LogP contribution in [-0.4, -0.2) is 63.2 Å². The number of aliphatic hydroxyl groups is 1. The molecule has 8 nitrogen and oxygen atoms in total. The Morgan fingerprint density at radius 2 is 1.86 bits per heavy atom. The van der Waals surface area contributed by atoms with Gasteiger partial charge in [0, 0.05) is 30.9 Å². The minimum Gasteiger partial charge on any atom is -0.390 e. The zero-order chi connectivity index (χ0) is 30.9. The molecule has 0 aliphatic carbocycles. The second-order valence-electron chi connectivity index (χ2n) is 12.4. The molecule has 0 spiro atoms. The van der Waals surface area contributed by atoms with Gasteiger partial charge in [0.1, 0.15) is 0 Å². The van der Waals surface area contributed by atoms with Gasteiger partial charge in [-0.15, -0.1) is 10.8 Å². The summed E-state index contributed by atoms with van der Waals surface area (Å²) < 4.78 is 38.7. The van der Waals surface area contributed by atoms with E-state index in [2.05, 4.69) is 43.6 Å². The maximum Gasteiger partial charge on any atom is 0.254 e. The Bertz CT molecular complexity index is 1150. The van der Waals surface area contributed by atoms with Crippen LogP contribution in [0.5, 0.6) is 0 Å². The number of aliphatic hydroxyl groups excluding tert-OH is 1. The molecule has 0 bridgehead atoms. The molecule has 0 aromatic heterocycles. The molecule has 42 heavy (non-hydrogen) atoms. The molecule has 2 unspecified atom stereocenters. The van der Waals surface area contributed by atoms with Crippen molar-refractivity contribution in [3.63, 3.8) is 0 Å². The molecule has 1 aliphatic heterocycles. The molecule has 1 fully saturated rings. The van der Waals surface area contributed by atoms with Gasteiger partial charge in [0.25, 0.3) is 5.91 Å². The molecule has 3 rings (SSSR count). The van der Waals surface area contributed by atoms with Crippen LogP contribution in [0.4, 0.5) is 15.8 Å². The summed E-state index contributed by atoms with van der Waals surface area (Å²) in [7, 11) is -3.20. The predicted molar refractivity (Wildman–Crippen MR) is 173 cm³/mol. The van der Waals surface area contributed by atoms with E-state index < -0.39 is 34.6 Å². The average molecular weight is 607 g/mol. The van der Waals surface area contributed by atoms with Crippen LogP contribution in [0.2, 0.25) is 0 Å². The Morgan fingerprint density at radius 1 is 1.14 bits per heavy atom. The SMILES string of the molecule is CCNc1cc(C(=O)NC(Cc2ccccc2)C(O)CNC(C)(C)CCCC(C)C)c(F)c(N2CCCCS2(O)O)c1. The van der Waals surface area contributed by atoms with Gasteiger partial charge in [-0.2, -0.15) is 0 Å². The summed E-state index contributed by atoms with van der Waals surface area (Å²) in [6.07, 6.45) is 3.91.